The summed E-state index contributed by atoms with van der Waals surface area (Å²) in [4.78, 5) is 15.3. The standard InChI is InChI=1S/C51H33N3S/c1-6-18-34(19-7-1)39-32-44(36-22-10-3-11-23-36)47-45(33-39)46-42(31-30-40(48(46)55-47)35-20-8-2-9-21-35)41-28-16-17-29-43(41)51-53-49(37-24-12-4-13-25-37)52-50(54-51)38-26-14-5-15-27-38/h1-33H. The lowest BCUT2D eigenvalue weighted by atomic mass is 9.90. The normalized spacial score (nSPS) is 11.3. The molecule has 0 N–H and O–H groups in total. The Morgan fingerprint density at radius 1 is 0.273 bits per heavy atom. The number of nitrogens with zero attached hydrogens (tertiary/aromatic N) is 3. The minimum atomic E-state index is 0.637. The highest BCUT2D eigenvalue weighted by molar-refractivity contribution is 7.27. The second-order valence-electron chi connectivity index (χ2n) is 13.5. The van der Waals surface area contributed by atoms with E-state index in [0.717, 1.165) is 27.8 Å². The van der Waals surface area contributed by atoms with Gasteiger partial charge in [-0.1, -0.05) is 188 Å². The summed E-state index contributed by atoms with van der Waals surface area (Å²) in [5.41, 5.74) is 12.3. The van der Waals surface area contributed by atoms with Gasteiger partial charge < -0.3 is 0 Å². The van der Waals surface area contributed by atoms with Gasteiger partial charge in [-0.2, -0.15) is 0 Å². The Kier molecular flexibility index (Phi) is 8.36. The minimum absolute atomic E-state index is 0.637. The SMILES string of the molecule is c1ccc(-c2cc(-c3ccccc3)c3sc4c(-c5ccccc5)ccc(-c5ccccc5-c5nc(-c6ccccc6)nc(-c6ccccc6)n5)c4c3c2)cc1. The van der Waals surface area contributed by atoms with Gasteiger partial charge in [-0.15, -0.1) is 11.3 Å². The molecule has 2 heterocycles. The molecule has 10 rings (SSSR count). The molecule has 258 valence electrons. The first-order chi connectivity index (χ1) is 27.3. The molecular formula is C51H33N3S. The predicted octanol–water partition coefficient (Wildman–Crippen LogP) is 13.9. The summed E-state index contributed by atoms with van der Waals surface area (Å²) in [7, 11) is 0. The fourth-order valence-electron chi connectivity index (χ4n) is 7.52. The summed E-state index contributed by atoms with van der Waals surface area (Å²) in [6.45, 7) is 0. The van der Waals surface area contributed by atoms with Crippen molar-refractivity contribution < 1.29 is 0 Å². The van der Waals surface area contributed by atoms with Gasteiger partial charge in [-0.05, 0) is 51.1 Å². The van der Waals surface area contributed by atoms with E-state index in [1.165, 1.54) is 53.6 Å². The van der Waals surface area contributed by atoms with E-state index in [0.29, 0.717) is 17.5 Å². The van der Waals surface area contributed by atoms with Crippen LogP contribution in [0.25, 0.3) is 98.8 Å². The highest BCUT2D eigenvalue weighted by Gasteiger charge is 2.22. The van der Waals surface area contributed by atoms with Crippen molar-refractivity contribution in [2.75, 3.05) is 0 Å². The second kappa shape index (κ2) is 14.1. The molecule has 0 unspecified atom stereocenters. The number of fused-ring (bicyclic) bond motifs is 3. The van der Waals surface area contributed by atoms with Crippen LogP contribution in [0.3, 0.4) is 0 Å². The maximum Gasteiger partial charge on any atom is 0.164 e. The van der Waals surface area contributed by atoms with E-state index in [-0.39, 0.29) is 0 Å². The van der Waals surface area contributed by atoms with E-state index in [1.54, 1.807) is 0 Å². The number of aromatic nitrogens is 3. The van der Waals surface area contributed by atoms with Crippen LogP contribution in [-0.4, -0.2) is 15.0 Å². The highest BCUT2D eigenvalue weighted by Crippen LogP contribution is 2.50. The number of hydrogen-bond donors (Lipinski definition) is 0. The van der Waals surface area contributed by atoms with Gasteiger partial charge in [0.25, 0.3) is 0 Å². The maximum absolute atomic E-state index is 5.17. The third kappa shape index (κ3) is 6.09. The van der Waals surface area contributed by atoms with Crippen molar-refractivity contribution in [1.29, 1.82) is 0 Å². The van der Waals surface area contributed by atoms with Gasteiger partial charge in [0.05, 0.1) is 0 Å². The molecule has 0 radical (unpaired) electrons. The summed E-state index contributed by atoms with van der Waals surface area (Å²) < 4.78 is 2.52. The molecular weight excluding hydrogens is 687 g/mol. The molecule has 0 saturated carbocycles. The first-order valence-corrected chi connectivity index (χ1v) is 19.3. The minimum Gasteiger partial charge on any atom is -0.208 e. The zero-order chi connectivity index (χ0) is 36.6. The Bertz CT molecular complexity index is 2890. The van der Waals surface area contributed by atoms with E-state index < -0.39 is 0 Å². The Labute approximate surface area is 323 Å². The summed E-state index contributed by atoms with van der Waals surface area (Å²) in [6, 6.07) is 70.5. The predicted molar refractivity (Wildman–Crippen MR) is 231 cm³/mol. The topological polar surface area (TPSA) is 38.7 Å². The van der Waals surface area contributed by atoms with E-state index in [1.807, 2.05) is 47.7 Å². The van der Waals surface area contributed by atoms with Crippen molar-refractivity contribution in [3.05, 3.63) is 200 Å². The van der Waals surface area contributed by atoms with Gasteiger partial charge in [0, 0.05) is 42.4 Å². The molecule has 0 amide bonds. The summed E-state index contributed by atoms with van der Waals surface area (Å²) >= 11 is 1.88. The average molecular weight is 720 g/mol. The third-order valence-electron chi connectivity index (χ3n) is 10.2. The Morgan fingerprint density at radius 3 is 1.27 bits per heavy atom. The Hall–Kier alpha value is -7.01. The van der Waals surface area contributed by atoms with Crippen molar-refractivity contribution in [3.63, 3.8) is 0 Å². The largest absolute Gasteiger partial charge is 0.208 e. The van der Waals surface area contributed by atoms with Crippen LogP contribution < -0.4 is 0 Å². The monoisotopic (exact) mass is 719 g/mol. The van der Waals surface area contributed by atoms with Crippen molar-refractivity contribution in [2.24, 2.45) is 0 Å². The molecule has 0 aliphatic heterocycles. The van der Waals surface area contributed by atoms with Gasteiger partial charge >= 0.3 is 0 Å². The van der Waals surface area contributed by atoms with Crippen LogP contribution in [0.5, 0.6) is 0 Å². The second-order valence-corrected chi connectivity index (χ2v) is 14.6. The van der Waals surface area contributed by atoms with Crippen molar-refractivity contribution in [2.45, 2.75) is 0 Å². The highest BCUT2D eigenvalue weighted by atomic mass is 32.1. The molecule has 4 heteroatoms. The van der Waals surface area contributed by atoms with Gasteiger partial charge in [0.1, 0.15) is 0 Å². The lowest BCUT2D eigenvalue weighted by Gasteiger charge is -2.15. The molecule has 2 aromatic heterocycles. The number of rotatable bonds is 7. The molecule has 0 fully saturated rings. The van der Waals surface area contributed by atoms with Crippen molar-refractivity contribution in [3.8, 4) is 78.7 Å². The van der Waals surface area contributed by atoms with E-state index in [2.05, 4.69) is 164 Å². The van der Waals surface area contributed by atoms with Crippen LogP contribution >= 0.6 is 11.3 Å². The number of thiophene rings is 1. The molecule has 0 bridgehead atoms. The molecule has 0 aliphatic rings. The van der Waals surface area contributed by atoms with Gasteiger partial charge in [0.15, 0.2) is 17.5 Å². The number of benzene rings is 8. The summed E-state index contributed by atoms with van der Waals surface area (Å²) in [5.74, 6) is 1.92. The first-order valence-electron chi connectivity index (χ1n) is 18.4. The van der Waals surface area contributed by atoms with Crippen molar-refractivity contribution in [1.82, 2.24) is 15.0 Å². The van der Waals surface area contributed by atoms with Crippen LogP contribution in [0.1, 0.15) is 0 Å². The van der Waals surface area contributed by atoms with Crippen LogP contribution in [0.2, 0.25) is 0 Å². The average Bonchev–Trinajstić information content (AvgIpc) is 3.67. The zero-order valence-electron chi connectivity index (χ0n) is 29.8. The van der Waals surface area contributed by atoms with Gasteiger partial charge in [-0.25, -0.2) is 15.0 Å². The van der Waals surface area contributed by atoms with Crippen LogP contribution in [-0.2, 0) is 0 Å². The molecule has 10 aromatic rings. The van der Waals surface area contributed by atoms with E-state index in [9.17, 15) is 0 Å². The van der Waals surface area contributed by atoms with Gasteiger partial charge in [-0.3, -0.25) is 0 Å². The molecule has 3 nitrogen and oxygen atoms in total. The Morgan fingerprint density at radius 2 is 0.709 bits per heavy atom. The van der Waals surface area contributed by atoms with E-state index in [4.69, 9.17) is 15.0 Å². The summed E-state index contributed by atoms with van der Waals surface area (Å²) in [5, 5.41) is 2.46. The van der Waals surface area contributed by atoms with Crippen LogP contribution in [0.15, 0.2) is 200 Å². The van der Waals surface area contributed by atoms with Gasteiger partial charge in [0.2, 0.25) is 0 Å². The molecule has 8 aromatic carbocycles. The zero-order valence-corrected chi connectivity index (χ0v) is 30.6. The molecule has 0 aliphatic carbocycles. The van der Waals surface area contributed by atoms with Crippen LogP contribution in [0.4, 0.5) is 0 Å². The lowest BCUT2D eigenvalue weighted by Crippen LogP contribution is -2.01. The fourth-order valence-corrected chi connectivity index (χ4v) is 8.90. The first kappa shape index (κ1) is 32.6. The van der Waals surface area contributed by atoms with Crippen molar-refractivity contribution >= 4 is 31.5 Å². The lowest BCUT2D eigenvalue weighted by molar-refractivity contribution is 1.07. The molecule has 0 atom stereocenters. The molecule has 0 spiro atoms. The maximum atomic E-state index is 5.17. The van der Waals surface area contributed by atoms with Crippen LogP contribution in [0, 0.1) is 0 Å². The molecule has 0 saturated heterocycles. The third-order valence-corrected chi connectivity index (χ3v) is 11.4. The van der Waals surface area contributed by atoms with E-state index >= 15 is 0 Å². The Balaban J connectivity index is 1.28. The fraction of sp³-hybridized carbons (Fsp3) is 0. The quantitative estimate of drug-likeness (QED) is 0.165. The smallest absolute Gasteiger partial charge is 0.164 e. The molecule has 55 heavy (non-hydrogen) atoms. The summed E-state index contributed by atoms with van der Waals surface area (Å²) in [6.07, 6.45) is 0. The number of hydrogen-bond acceptors (Lipinski definition) is 4.